The Hall–Kier alpha value is -0.380. The normalized spacial score (nSPS) is 31.8. The first kappa shape index (κ1) is 11.1. The van der Waals surface area contributed by atoms with Gasteiger partial charge in [-0.2, -0.15) is 0 Å². The van der Waals surface area contributed by atoms with E-state index in [-0.39, 0.29) is 11.6 Å². The molecule has 1 aromatic heterocycles. The Morgan fingerprint density at radius 2 is 2.20 bits per heavy atom. The molecule has 2 rings (SSSR count). The summed E-state index contributed by atoms with van der Waals surface area (Å²) in [6.07, 6.45) is 4.45. The zero-order valence-electron chi connectivity index (χ0n) is 9.20. The molecule has 1 heterocycles. The van der Waals surface area contributed by atoms with Gasteiger partial charge in [-0.25, -0.2) is 0 Å². The number of aryl methyl sites for hydroxylation is 1. The lowest BCUT2D eigenvalue weighted by molar-refractivity contribution is 0.0977. The van der Waals surface area contributed by atoms with Gasteiger partial charge in [0.25, 0.3) is 0 Å². The predicted molar refractivity (Wildman–Crippen MR) is 64.0 cm³/mol. The SMILES string of the molecule is CCc1ccsc1C1(N)CCC(O)CC1. The second-order valence-electron chi connectivity index (χ2n) is 4.52. The van der Waals surface area contributed by atoms with Gasteiger partial charge in [0.1, 0.15) is 0 Å². The average molecular weight is 225 g/mol. The average Bonchev–Trinajstić information content (AvgIpc) is 2.71. The lowest BCUT2D eigenvalue weighted by Crippen LogP contribution is -2.41. The first-order valence-corrected chi connectivity index (χ1v) is 6.57. The molecule has 3 N–H and O–H groups in total. The van der Waals surface area contributed by atoms with Crippen molar-refractivity contribution in [1.82, 2.24) is 0 Å². The van der Waals surface area contributed by atoms with Gasteiger partial charge in [-0.05, 0) is 49.1 Å². The van der Waals surface area contributed by atoms with Crippen molar-refractivity contribution in [3.8, 4) is 0 Å². The van der Waals surface area contributed by atoms with Crippen LogP contribution in [0.5, 0.6) is 0 Å². The molecule has 1 aromatic rings. The molecular weight excluding hydrogens is 206 g/mol. The van der Waals surface area contributed by atoms with E-state index in [0.29, 0.717) is 0 Å². The van der Waals surface area contributed by atoms with E-state index >= 15 is 0 Å². The minimum absolute atomic E-state index is 0.133. The molecule has 1 saturated carbocycles. The van der Waals surface area contributed by atoms with Crippen LogP contribution in [0.4, 0.5) is 0 Å². The van der Waals surface area contributed by atoms with Crippen LogP contribution in [0, 0.1) is 0 Å². The van der Waals surface area contributed by atoms with Crippen LogP contribution < -0.4 is 5.73 Å². The molecule has 0 atom stereocenters. The van der Waals surface area contributed by atoms with Crippen LogP contribution >= 0.6 is 11.3 Å². The highest BCUT2D eigenvalue weighted by Crippen LogP contribution is 2.39. The quantitative estimate of drug-likeness (QED) is 0.812. The molecular formula is C12H19NOS. The summed E-state index contributed by atoms with van der Waals surface area (Å²) >= 11 is 1.77. The summed E-state index contributed by atoms with van der Waals surface area (Å²) in [5.74, 6) is 0. The molecule has 1 aliphatic carbocycles. The smallest absolute Gasteiger partial charge is 0.0541 e. The Morgan fingerprint density at radius 3 is 2.80 bits per heavy atom. The van der Waals surface area contributed by atoms with Gasteiger partial charge < -0.3 is 10.8 Å². The van der Waals surface area contributed by atoms with Crippen molar-refractivity contribution in [2.45, 2.75) is 50.7 Å². The second kappa shape index (κ2) is 4.24. The Balaban J connectivity index is 2.22. The van der Waals surface area contributed by atoms with Crippen molar-refractivity contribution < 1.29 is 5.11 Å². The number of aliphatic hydroxyl groups excluding tert-OH is 1. The second-order valence-corrected chi connectivity index (χ2v) is 5.43. The van der Waals surface area contributed by atoms with Crippen molar-refractivity contribution in [3.63, 3.8) is 0 Å². The standard InChI is InChI=1S/C12H19NOS/c1-2-9-5-8-15-11(9)12(13)6-3-10(14)4-7-12/h5,8,10,14H,2-4,6-7,13H2,1H3. The van der Waals surface area contributed by atoms with Crippen LogP contribution in [-0.2, 0) is 12.0 Å². The van der Waals surface area contributed by atoms with Crippen molar-refractivity contribution in [1.29, 1.82) is 0 Å². The van der Waals surface area contributed by atoms with Crippen LogP contribution in [0.1, 0.15) is 43.0 Å². The summed E-state index contributed by atoms with van der Waals surface area (Å²) in [6, 6.07) is 2.18. The lowest BCUT2D eigenvalue weighted by Gasteiger charge is -2.35. The minimum Gasteiger partial charge on any atom is -0.393 e. The van der Waals surface area contributed by atoms with Gasteiger partial charge in [0.2, 0.25) is 0 Å². The van der Waals surface area contributed by atoms with Crippen LogP contribution in [0.2, 0.25) is 0 Å². The number of hydrogen-bond donors (Lipinski definition) is 2. The largest absolute Gasteiger partial charge is 0.393 e. The fourth-order valence-corrected chi connectivity index (χ4v) is 3.57. The Bertz CT molecular complexity index is 326. The Labute approximate surface area is 95.1 Å². The molecule has 15 heavy (non-hydrogen) atoms. The van der Waals surface area contributed by atoms with Crippen molar-refractivity contribution in [3.05, 3.63) is 21.9 Å². The van der Waals surface area contributed by atoms with Crippen LogP contribution in [-0.4, -0.2) is 11.2 Å². The maximum Gasteiger partial charge on any atom is 0.0541 e. The fraction of sp³-hybridized carbons (Fsp3) is 0.667. The van der Waals surface area contributed by atoms with Gasteiger partial charge in [0.15, 0.2) is 0 Å². The van der Waals surface area contributed by atoms with Crippen LogP contribution in [0.15, 0.2) is 11.4 Å². The molecule has 0 amide bonds. The van der Waals surface area contributed by atoms with E-state index < -0.39 is 0 Å². The third kappa shape index (κ3) is 2.10. The van der Waals surface area contributed by atoms with E-state index in [4.69, 9.17) is 5.73 Å². The molecule has 0 spiro atoms. The minimum atomic E-state index is -0.168. The molecule has 0 unspecified atom stereocenters. The molecule has 1 aliphatic rings. The molecule has 0 saturated heterocycles. The molecule has 2 nitrogen and oxygen atoms in total. The first-order valence-electron chi connectivity index (χ1n) is 5.69. The summed E-state index contributed by atoms with van der Waals surface area (Å²) in [6.45, 7) is 2.17. The van der Waals surface area contributed by atoms with E-state index in [1.165, 1.54) is 10.4 Å². The maximum atomic E-state index is 9.51. The highest BCUT2D eigenvalue weighted by molar-refractivity contribution is 7.10. The third-order valence-electron chi connectivity index (χ3n) is 3.43. The summed E-state index contributed by atoms with van der Waals surface area (Å²) < 4.78 is 0. The van der Waals surface area contributed by atoms with Gasteiger partial charge in [-0.3, -0.25) is 0 Å². The Kier molecular flexibility index (Phi) is 3.14. The number of rotatable bonds is 2. The predicted octanol–water partition coefficient (Wildman–Crippen LogP) is 2.40. The highest BCUT2D eigenvalue weighted by atomic mass is 32.1. The van der Waals surface area contributed by atoms with Gasteiger partial charge in [0, 0.05) is 4.88 Å². The van der Waals surface area contributed by atoms with E-state index in [9.17, 15) is 5.11 Å². The van der Waals surface area contributed by atoms with E-state index in [1.54, 1.807) is 11.3 Å². The van der Waals surface area contributed by atoms with Crippen LogP contribution in [0.3, 0.4) is 0 Å². The van der Waals surface area contributed by atoms with Crippen LogP contribution in [0.25, 0.3) is 0 Å². The molecule has 1 fully saturated rings. The summed E-state index contributed by atoms with van der Waals surface area (Å²) in [5, 5.41) is 11.6. The molecule has 0 aromatic carbocycles. The first-order chi connectivity index (χ1) is 7.15. The van der Waals surface area contributed by atoms with Gasteiger partial charge >= 0.3 is 0 Å². The molecule has 84 valence electrons. The molecule has 3 heteroatoms. The third-order valence-corrected chi connectivity index (χ3v) is 4.60. The van der Waals surface area contributed by atoms with Crippen molar-refractivity contribution >= 4 is 11.3 Å². The molecule has 0 aliphatic heterocycles. The summed E-state index contributed by atoms with van der Waals surface area (Å²) in [4.78, 5) is 1.34. The Morgan fingerprint density at radius 1 is 1.53 bits per heavy atom. The molecule has 0 bridgehead atoms. The van der Waals surface area contributed by atoms with Gasteiger partial charge in [0.05, 0.1) is 11.6 Å². The summed E-state index contributed by atoms with van der Waals surface area (Å²) in [7, 11) is 0. The van der Waals surface area contributed by atoms with Gasteiger partial charge in [-0.1, -0.05) is 6.92 Å². The zero-order chi connectivity index (χ0) is 10.9. The zero-order valence-corrected chi connectivity index (χ0v) is 10.0. The van der Waals surface area contributed by atoms with Crippen molar-refractivity contribution in [2.24, 2.45) is 5.73 Å². The fourth-order valence-electron chi connectivity index (χ4n) is 2.40. The van der Waals surface area contributed by atoms with Crippen molar-refractivity contribution in [2.75, 3.05) is 0 Å². The lowest BCUT2D eigenvalue weighted by atomic mass is 9.79. The topological polar surface area (TPSA) is 46.2 Å². The maximum absolute atomic E-state index is 9.51. The highest BCUT2D eigenvalue weighted by Gasteiger charge is 2.34. The summed E-state index contributed by atoms with van der Waals surface area (Å²) in [5.41, 5.74) is 7.68. The van der Waals surface area contributed by atoms with Gasteiger partial charge in [-0.15, -0.1) is 11.3 Å². The van der Waals surface area contributed by atoms with E-state index in [1.807, 2.05) is 0 Å². The molecule has 0 radical (unpaired) electrons. The van der Waals surface area contributed by atoms with E-state index in [2.05, 4.69) is 18.4 Å². The monoisotopic (exact) mass is 225 g/mol. The number of hydrogen-bond acceptors (Lipinski definition) is 3. The van der Waals surface area contributed by atoms with E-state index in [0.717, 1.165) is 32.1 Å². The number of thiophene rings is 1. The number of nitrogens with two attached hydrogens (primary N) is 1. The number of aliphatic hydroxyl groups is 1.